The minimum Gasteiger partial charge on any atom is -0.494 e. The van der Waals surface area contributed by atoms with Gasteiger partial charge in [0.2, 0.25) is 0 Å². The first-order valence-electron chi connectivity index (χ1n) is 8.02. The molecule has 0 radical (unpaired) electrons. The van der Waals surface area contributed by atoms with Crippen molar-refractivity contribution in [3.05, 3.63) is 55.1 Å². The zero-order valence-electron chi connectivity index (χ0n) is 14.5. The normalized spacial score (nSPS) is 10.1. The summed E-state index contributed by atoms with van der Waals surface area (Å²) in [5, 5.41) is 3.09. The van der Waals surface area contributed by atoms with Crippen molar-refractivity contribution in [2.45, 2.75) is 20.3 Å². The summed E-state index contributed by atoms with van der Waals surface area (Å²) in [6.45, 7) is 13.4. The molecule has 0 aliphatic rings. The molecular formula is C19H26N2O2S. The molecular weight excluding hydrogens is 320 g/mol. The molecule has 0 saturated carbocycles. The van der Waals surface area contributed by atoms with Crippen LogP contribution in [-0.2, 0) is 0 Å². The maximum absolute atomic E-state index is 12.4. The monoisotopic (exact) mass is 346 g/mol. The number of thiocarbonyl (C=S) groups is 1. The Bertz CT molecular complexity index is 574. The standard InChI is InChI=1S/C19H26N2O2S/c1-5-11-21(12-6-2)19(24)20-18(22)16-8-7-9-17(14-16)23-13-10-15(3)4/h5-9,14-15H,1-2,10-13H2,3-4H3,(H,20,22,24). The molecule has 4 nitrogen and oxygen atoms in total. The van der Waals surface area contributed by atoms with Gasteiger partial charge in [0, 0.05) is 18.7 Å². The van der Waals surface area contributed by atoms with E-state index < -0.39 is 0 Å². The van der Waals surface area contributed by atoms with E-state index in [1.54, 1.807) is 35.3 Å². The Morgan fingerprint density at radius 3 is 2.58 bits per heavy atom. The summed E-state index contributed by atoms with van der Waals surface area (Å²) in [6.07, 6.45) is 4.43. The lowest BCUT2D eigenvalue weighted by Gasteiger charge is -2.22. The van der Waals surface area contributed by atoms with Crippen LogP contribution in [0.2, 0.25) is 0 Å². The molecule has 0 aliphatic heterocycles. The lowest BCUT2D eigenvalue weighted by atomic mass is 10.1. The van der Waals surface area contributed by atoms with Crippen LogP contribution in [0.15, 0.2) is 49.6 Å². The number of ether oxygens (including phenoxy) is 1. The molecule has 0 aliphatic carbocycles. The molecule has 0 atom stereocenters. The number of nitrogens with one attached hydrogen (secondary N) is 1. The maximum Gasteiger partial charge on any atom is 0.257 e. The van der Waals surface area contributed by atoms with E-state index in [0.29, 0.717) is 42.0 Å². The van der Waals surface area contributed by atoms with Gasteiger partial charge in [0.05, 0.1) is 6.61 Å². The third-order valence-corrected chi connectivity index (χ3v) is 3.63. The van der Waals surface area contributed by atoms with E-state index in [9.17, 15) is 4.79 Å². The number of carbonyl (C=O) groups is 1. The van der Waals surface area contributed by atoms with Crippen LogP contribution in [0.5, 0.6) is 5.75 Å². The molecule has 0 fully saturated rings. The number of carbonyl (C=O) groups excluding carboxylic acids is 1. The Balaban J connectivity index is 2.68. The molecule has 24 heavy (non-hydrogen) atoms. The van der Waals surface area contributed by atoms with Crippen molar-refractivity contribution in [3.8, 4) is 5.75 Å². The van der Waals surface area contributed by atoms with Crippen LogP contribution in [0.1, 0.15) is 30.6 Å². The Morgan fingerprint density at radius 1 is 1.33 bits per heavy atom. The molecule has 1 rings (SSSR count). The molecule has 1 amide bonds. The Morgan fingerprint density at radius 2 is 2.00 bits per heavy atom. The minimum atomic E-state index is -0.257. The molecule has 1 aromatic rings. The lowest BCUT2D eigenvalue weighted by molar-refractivity contribution is 0.0973. The average molecular weight is 346 g/mol. The van der Waals surface area contributed by atoms with Gasteiger partial charge in [-0.2, -0.15) is 0 Å². The fourth-order valence-corrected chi connectivity index (χ4v) is 2.18. The highest BCUT2D eigenvalue weighted by Crippen LogP contribution is 2.14. The molecule has 0 spiro atoms. The number of amides is 1. The Kier molecular flexibility index (Phi) is 8.79. The van der Waals surface area contributed by atoms with Gasteiger partial charge >= 0.3 is 0 Å². The third-order valence-electron chi connectivity index (χ3n) is 3.27. The first kappa shape index (κ1) is 19.9. The lowest BCUT2D eigenvalue weighted by Crippen LogP contribution is -2.42. The first-order chi connectivity index (χ1) is 11.5. The van der Waals surface area contributed by atoms with Crippen molar-refractivity contribution in [1.29, 1.82) is 0 Å². The fourth-order valence-electron chi connectivity index (χ4n) is 1.94. The number of rotatable bonds is 9. The maximum atomic E-state index is 12.4. The van der Waals surface area contributed by atoms with Gasteiger partial charge in [-0.15, -0.1) is 13.2 Å². The third kappa shape index (κ3) is 6.96. The summed E-state index contributed by atoms with van der Waals surface area (Å²) in [6, 6.07) is 7.10. The van der Waals surface area contributed by atoms with Crippen LogP contribution in [0.25, 0.3) is 0 Å². The number of nitrogens with zero attached hydrogens (tertiary/aromatic N) is 1. The number of hydrogen-bond donors (Lipinski definition) is 1. The van der Waals surface area contributed by atoms with Gasteiger partial charge in [-0.25, -0.2) is 0 Å². The van der Waals surface area contributed by atoms with Crippen LogP contribution in [0.3, 0.4) is 0 Å². The fraction of sp³-hybridized carbons (Fsp3) is 0.368. The SMILES string of the molecule is C=CCN(CC=C)C(=S)NC(=O)c1cccc(OCCC(C)C)c1. The highest BCUT2D eigenvalue weighted by atomic mass is 32.1. The topological polar surface area (TPSA) is 41.6 Å². The summed E-state index contributed by atoms with van der Waals surface area (Å²) in [5.41, 5.74) is 0.511. The zero-order valence-corrected chi connectivity index (χ0v) is 15.3. The predicted octanol–water partition coefficient (Wildman–Crippen LogP) is 3.80. The summed E-state index contributed by atoms with van der Waals surface area (Å²) in [5.74, 6) is 1.00. The largest absolute Gasteiger partial charge is 0.494 e. The van der Waals surface area contributed by atoms with Gasteiger partial charge in [0.1, 0.15) is 5.75 Å². The van der Waals surface area contributed by atoms with E-state index in [-0.39, 0.29) is 5.91 Å². The predicted molar refractivity (Wildman–Crippen MR) is 103 cm³/mol. The second kappa shape index (κ2) is 10.6. The van der Waals surface area contributed by atoms with Crippen molar-refractivity contribution in [1.82, 2.24) is 10.2 Å². The van der Waals surface area contributed by atoms with Gasteiger partial charge in [0.15, 0.2) is 5.11 Å². The van der Waals surface area contributed by atoms with Gasteiger partial charge in [-0.1, -0.05) is 32.1 Å². The van der Waals surface area contributed by atoms with Gasteiger partial charge in [-0.3, -0.25) is 10.1 Å². The van der Waals surface area contributed by atoms with Crippen LogP contribution in [0.4, 0.5) is 0 Å². The molecule has 0 aromatic heterocycles. The van der Waals surface area contributed by atoms with Crippen molar-refractivity contribution in [3.63, 3.8) is 0 Å². The molecule has 0 heterocycles. The molecule has 1 N–H and O–H groups in total. The number of hydrogen-bond acceptors (Lipinski definition) is 3. The van der Waals surface area contributed by atoms with Crippen molar-refractivity contribution < 1.29 is 9.53 Å². The summed E-state index contributed by atoms with van der Waals surface area (Å²) in [4.78, 5) is 14.2. The van der Waals surface area contributed by atoms with E-state index >= 15 is 0 Å². The Labute approximate surface area is 150 Å². The zero-order chi connectivity index (χ0) is 17.9. The van der Waals surface area contributed by atoms with Gasteiger partial charge in [-0.05, 0) is 42.8 Å². The van der Waals surface area contributed by atoms with E-state index in [1.807, 2.05) is 6.07 Å². The van der Waals surface area contributed by atoms with Gasteiger partial charge < -0.3 is 9.64 Å². The molecule has 0 bridgehead atoms. The van der Waals surface area contributed by atoms with Gasteiger partial charge in [0.25, 0.3) is 5.91 Å². The minimum absolute atomic E-state index is 0.257. The van der Waals surface area contributed by atoms with E-state index in [1.165, 1.54) is 0 Å². The Hall–Kier alpha value is -2.14. The van der Waals surface area contributed by atoms with Crippen LogP contribution < -0.4 is 10.1 Å². The summed E-state index contributed by atoms with van der Waals surface area (Å²) < 4.78 is 5.69. The summed E-state index contributed by atoms with van der Waals surface area (Å²) >= 11 is 5.28. The highest BCUT2D eigenvalue weighted by molar-refractivity contribution is 7.80. The van der Waals surface area contributed by atoms with Crippen molar-refractivity contribution in [2.75, 3.05) is 19.7 Å². The average Bonchev–Trinajstić information content (AvgIpc) is 2.54. The van der Waals surface area contributed by atoms with E-state index in [4.69, 9.17) is 17.0 Å². The van der Waals surface area contributed by atoms with Crippen LogP contribution >= 0.6 is 12.2 Å². The number of benzene rings is 1. The van der Waals surface area contributed by atoms with E-state index in [0.717, 1.165) is 6.42 Å². The molecule has 1 aromatic carbocycles. The van der Waals surface area contributed by atoms with Crippen molar-refractivity contribution >= 4 is 23.2 Å². The highest BCUT2D eigenvalue weighted by Gasteiger charge is 2.12. The first-order valence-corrected chi connectivity index (χ1v) is 8.43. The van der Waals surface area contributed by atoms with E-state index in [2.05, 4.69) is 32.3 Å². The quantitative estimate of drug-likeness (QED) is 0.545. The molecule has 0 unspecified atom stereocenters. The molecule has 0 saturated heterocycles. The van der Waals surface area contributed by atoms with Crippen LogP contribution in [0, 0.1) is 5.92 Å². The van der Waals surface area contributed by atoms with Crippen molar-refractivity contribution in [2.24, 2.45) is 5.92 Å². The van der Waals surface area contributed by atoms with Crippen LogP contribution in [-0.4, -0.2) is 35.6 Å². The second-order valence-corrected chi connectivity index (χ2v) is 6.19. The second-order valence-electron chi connectivity index (χ2n) is 5.80. The summed E-state index contributed by atoms with van der Waals surface area (Å²) in [7, 11) is 0. The molecule has 5 heteroatoms. The smallest absolute Gasteiger partial charge is 0.257 e. The molecule has 130 valence electrons.